The number of furan rings is 1. The molecule has 4 heteroatoms. The highest BCUT2D eigenvalue weighted by atomic mass is 79.9. The quantitative estimate of drug-likeness (QED) is 0.739. The second kappa shape index (κ2) is 5.65. The lowest BCUT2D eigenvalue weighted by Crippen LogP contribution is -1.96. The zero-order valence-electron chi connectivity index (χ0n) is 9.92. The Labute approximate surface area is 113 Å². The van der Waals surface area contributed by atoms with Gasteiger partial charge in [-0.15, -0.1) is 0 Å². The van der Waals surface area contributed by atoms with Crippen LogP contribution in [0.25, 0.3) is 0 Å². The molecule has 1 aromatic carbocycles. The minimum Gasteiger partial charge on any atom is -0.465 e. The molecule has 0 radical (unpaired) electrons. The Morgan fingerprint density at radius 2 is 1.94 bits per heavy atom. The standard InChI is InChI=1S/C14H13BrF2O/c1-2-10-4-6-14(18-10)11(15)7-9-3-5-12(16)13(17)8-9/h3-6,8,11H,2,7H2,1H3. The van der Waals surface area contributed by atoms with Crippen LogP contribution in [0.1, 0.15) is 28.8 Å². The molecule has 0 aliphatic rings. The van der Waals surface area contributed by atoms with E-state index in [1.54, 1.807) is 6.07 Å². The van der Waals surface area contributed by atoms with Gasteiger partial charge < -0.3 is 4.42 Å². The first-order valence-corrected chi connectivity index (χ1v) is 6.68. The molecule has 0 saturated carbocycles. The Kier molecular flexibility index (Phi) is 4.17. The molecule has 1 aromatic heterocycles. The van der Waals surface area contributed by atoms with E-state index in [0.29, 0.717) is 6.42 Å². The lowest BCUT2D eigenvalue weighted by molar-refractivity contribution is 0.466. The van der Waals surface area contributed by atoms with Gasteiger partial charge >= 0.3 is 0 Å². The molecular weight excluding hydrogens is 302 g/mol. The lowest BCUT2D eigenvalue weighted by Gasteiger charge is -2.07. The highest BCUT2D eigenvalue weighted by molar-refractivity contribution is 9.09. The summed E-state index contributed by atoms with van der Waals surface area (Å²) < 4.78 is 31.5. The summed E-state index contributed by atoms with van der Waals surface area (Å²) in [6.07, 6.45) is 1.39. The SMILES string of the molecule is CCc1ccc(C(Br)Cc2ccc(F)c(F)c2)o1. The van der Waals surface area contributed by atoms with Gasteiger partial charge in [-0.3, -0.25) is 0 Å². The third-order valence-corrected chi connectivity index (χ3v) is 3.51. The summed E-state index contributed by atoms with van der Waals surface area (Å²) in [5.74, 6) is 0.0772. The molecular formula is C14H13BrF2O. The van der Waals surface area contributed by atoms with Crippen molar-refractivity contribution in [2.75, 3.05) is 0 Å². The molecule has 2 rings (SSSR count). The first kappa shape index (κ1) is 13.3. The largest absolute Gasteiger partial charge is 0.465 e. The van der Waals surface area contributed by atoms with Crippen molar-refractivity contribution >= 4 is 15.9 Å². The van der Waals surface area contributed by atoms with E-state index in [9.17, 15) is 8.78 Å². The Morgan fingerprint density at radius 3 is 2.56 bits per heavy atom. The van der Waals surface area contributed by atoms with E-state index in [-0.39, 0.29) is 4.83 Å². The number of aryl methyl sites for hydroxylation is 1. The molecule has 0 amide bonds. The summed E-state index contributed by atoms with van der Waals surface area (Å²) in [4.78, 5) is -0.0392. The average Bonchev–Trinajstić information content (AvgIpc) is 2.82. The van der Waals surface area contributed by atoms with Crippen molar-refractivity contribution in [1.82, 2.24) is 0 Å². The maximum atomic E-state index is 13.1. The molecule has 0 aliphatic heterocycles. The zero-order chi connectivity index (χ0) is 13.1. The number of halogens is 3. The van der Waals surface area contributed by atoms with Gasteiger partial charge in [0.25, 0.3) is 0 Å². The van der Waals surface area contributed by atoms with Gasteiger partial charge in [0.2, 0.25) is 0 Å². The fraction of sp³-hybridized carbons (Fsp3) is 0.286. The third kappa shape index (κ3) is 2.99. The van der Waals surface area contributed by atoms with E-state index in [4.69, 9.17) is 4.42 Å². The van der Waals surface area contributed by atoms with Gasteiger partial charge in [0.05, 0.1) is 4.83 Å². The summed E-state index contributed by atoms with van der Waals surface area (Å²) in [6, 6.07) is 7.76. The molecule has 0 aliphatic carbocycles. The minimum atomic E-state index is -0.823. The molecule has 1 unspecified atom stereocenters. The summed E-state index contributed by atoms with van der Waals surface area (Å²) in [7, 11) is 0. The maximum absolute atomic E-state index is 13.1. The van der Waals surface area contributed by atoms with Crippen LogP contribution in [0.15, 0.2) is 34.7 Å². The lowest BCUT2D eigenvalue weighted by atomic mass is 10.1. The number of benzene rings is 1. The van der Waals surface area contributed by atoms with Crippen molar-refractivity contribution < 1.29 is 13.2 Å². The van der Waals surface area contributed by atoms with Gasteiger partial charge in [-0.05, 0) is 36.2 Å². The van der Waals surface area contributed by atoms with E-state index in [2.05, 4.69) is 15.9 Å². The van der Waals surface area contributed by atoms with Crippen LogP contribution in [0, 0.1) is 11.6 Å². The van der Waals surface area contributed by atoms with E-state index in [1.807, 2.05) is 19.1 Å². The predicted octanol–water partition coefficient (Wildman–Crippen LogP) is 4.80. The van der Waals surface area contributed by atoms with Gasteiger partial charge in [0.15, 0.2) is 11.6 Å². The Bertz CT molecular complexity index is 536. The van der Waals surface area contributed by atoms with Gasteiger partial charge in [-0.2, -0.15) is 0 Å². The van der Waals surface area contributed by atoms with Crippen molar-refractivity contribution in [3.05, 3.63) is 59.1 Å². The van der Waals surface area contributed by atoms with Gasteiger partial charge in [0, 0.05) is 6.42 Å². The normalized spacial score (nSPS) is 12.7. The van der Waals surface area contributed by atoms with Gasteiger partial charge in [-0.1, -0.05) is 28.9 Å². The molecule has 2 aromatic rings. The van der Waals surface area contributed by atoms with Crippen molar-refractivity contribution in [3.63, 3.8) is 0 Å². The smallest absolute Gasteiger partial charge is 0.159 e. The Morgan fingerprint density at radius 1 is 1.17 bits per heavy atom. The fourth-order valence-electron chi connectivity index (χ4n) is 1.73. The number of hydrogen-bond acceptors (Lipinski definition) is 1. The van der Waals surface area contributed by atoms with Crippen molar-refractivity contribution in [1.29, 1.82) is 0 Å². The summed E-state index contributed by atoms with van der Waals surface area (Å²) in [6.45, 7) is 2.02. The van der Waals surface area contributed by atoms with Crippen LogP contribution < -0.4 is 0 Å². The van der Waals surface area contributed by atoms with Crippen LogP contribution in [0.2, 0.25) is 0 Å². The number of alkyl halides is 1. The highest BCUT2D eigenvalue weighted by Crippen LogP contribution is 2.29. The summed E-state index contributed by atoms with van der Waals surface area (Å²) in [5.41, 5.74) is 0.727. The maximum Gasteiger partial charge on any atom is 0.159 e. The first-order chi connectivity index (χ1) is 8.60. The molecule has 0 fully saturated rings. The molecule has 18 heavy (non-hydrogen) atoms. The van der Waals surface area contributed by atoms with Crippen LogP contribution in [0.3, 0.4) is 0 Å². The van der Waals surface area contributed by atoms with Gasteiger partial charge in [0.1, 0.15) is 11.5 Å². The topological polar surface area (TPSA) is 13.1 Å². The van der Waals surface area contributed by atoms with Crippen LogP contribution in [-0.4, -0.2) is 0 Å². The Hall–Kier alpha value is -1.16. The monoisotopic (exact) mass is 314 g/mol. The average molecular weight is 315 g/mol. The molecule has 96 valence electrons. The highest BCUT2D eigenvalue weighted by Gasteiger charge is 2.14. The molecule has 0 spiro atoms. The van der Waals surface area contributed by atoms with Crippen molar-refractivity contribution in [2.45, 2.75) is 24.6 Å². The minimum absolute atomic E-state index is 0.0392. The molecule has 1 heterocycles. The molecule has 1 atom stereocenters. The predicted molar refractivity (Wildman–Crippen MR) is 69.8 cm³/mol. The summed E-state index contributed by atoms with van der Waals surface area (Å²) >= 11 is 3.50. The van der Waals surface area contributed by atoms with Crippen molar-refractivity contribution in [2.24, 2.45) is 0 Å². The second-order valence-electron chi connectivity index (χ2n) is 4.08. The summed E-state index contributed by atoms with van der Waals surface area (Å²) in [5, 5.41) is 0. The second-order valence-corrected chi connectivity index (χ2v) is 5.18. The fourth-order valence-corrected chi connectivity index (χ4v) is 2.35. The Balaban J connectivity index is 2.10. The number of hydrogen-bond donors (Lipinski definition) is 0. The van der Waals surface area contributed by atoms with E-state index < -0.39 is 11.6 Å². The van der Waals surface area contributed by atoms with Crippen LogP contribution in [0.5, 0.6) is 0 Å². The van der Waals surface area contributed by atoms with Crippen LogP contribution in [0.4, 0.5) is 8.78 Å². The molecule has 0 saturated heterocycles. The molecule has 0 N–H and O–H groups in total. The number of rotatable bonds is 4. The van der Waals surface area contributed by atoms with E-state index in [1.165, 1.54) is 6.07 Å². The van der Waals surface area contributed by atoms with Crippen LogP contribution >= 0.6 is 15.9 Å². The third-order valence-electron chi connectivity index (χ3n) is 2.74. The van der Waals surface area contributed by atoms with Gasteiger partial charge in [-0.25, -0.2) is 8.78 Å². The zero-order valence-corrected chi connectivity index (χ0v) is 11.5. The molecule has 1 nitrogen and oxygen atoms in total. The van der Waals surface area contributed by atoms with E-state index >= 15 is 0 Å². The van der Waals surface area contributed by atoms with Crippen molar-refractivity contribution in [3.8, 4) is 0 Å². The molecule has 0 bridgehead atoms. The van der Waals surface area contributed by atoms with Crippen LogP contribution in [-0.2, 0) is 12.8 Å². The first-order valence-electron chi connectivity index (χ1n) is 5.76. The van der Waals surface area contributed by atoms with E-state index in [0.717, 1.165) is 29.6 Å².